The highest BCUT2D eigenvalue weighted by Gasteiger charge is 1.96. The third kappa shape index (κ3) is 5.56. The van der Waals surface area contributed by atoms with E-state index in [9.17, 15) is 0 Å². The summed E-state index contributed by atoms with van der Waals surface area (Å²) in [6.45, 7) is 7.20. The van der Waals surface area contributed by atoms with Crippen molar-refractivity contribution in [2.45, 2.75) is 13.8 Å². The van der Waals surface area contributed by atoms with Crippen LogP contribution in [0.15, 0.2) is 36.3 Å². The molecule has 0 amide bonds. The molecule has 0 aromatic heterocycles. The van der Waals surface area contributed by atoms with Gasteiger partial charge in [0.15, 0.2) is 5.76 Å². The van der Waals surface area contributed by atoms with E-state index in [1.54, 1.807) is 0 Å². The topological polar surface area (TPSA) is 66.5 Å². The average molecular weight is 171 g/mol. The number of aliphatic hydroxyl groups excluding tert-OH is 2. The molecular weight excluding hydrogens is 154 g/mol. The summed E-state index contributed by atoms with van der Waals surface area (Å²) in [5.41, 5.74) is 5.89. The van der Waals surface area contributed by atoms with Gasteiger partial charge in [-0.25, -0.2) is 0 Å². The molecule has 0 fully saturated rings. The van der Waals surface area contributed by atoms with Crippen LogP contribution in [0, 0.1) is 0 Å². The Labute approximate surface area is 73.5 Å². The van der Waals surface area contributed by atoms with Crippen molar-refractivity contribution < 1.29 is 10.2 Å². The molecule has 0 bridgehead atoms. The van der Waals surface area contributed by atoms with Crippen molar-refractivity contribution in [3.05, 3.63) is 36.3 Å². The Morgan fingerprint density at radius 1 is 1.33 bits per heavy atom. The maximum atomic E-state index is 8.93. The maximum Gasteiger partial charge on any atom is 0.157 e. The van der Waals surface area contributed by atoms with Crippen LogP contribution in [0.25, 0.3) is 0 Å². The maximum absolute atomic E-state index is 8.93. The molecule has 0 aromatic rings. The van der Waals surface area contributed by atoms with Crippen molar-refractivity contribution in [2.24, 2.45) is 5.73 Å². The van der Waals surface area contributed by atoms with Crippen LogP contribution in [0.3, 0.4) is 0 Å². The quantitative estimate of drug-likeness (QED) is 0.448. The number of nitrogens with two attached hydrogens (primary N) is 1. The predicted molar refractivity (Wildman–Crippen MR) is 52.0 cm³/mol. The molecule has 0 aliphatic heterocycles. The van der Waals surface area contributed by atoms with Gasteiger partial charge < -0.3 is 15.9 Å². The van der Waals surface area contributed by atoms with Gasteiger partial charge in [0.1, 0.15) is 5.76 Å². The SMILES string of the molecule is C.C=C(/C=C(/O)C(=C)O)CCN. The third-order valence-electron chi connectivity index (χ3n) is 1.10. The minimum atomic E-state index is -0.358. The third-order valence-corrected chi connectivity index (χ3v) is 1.10. The minimum Gasteiger partial charge on any atom is -0.505 e. The molecule has 0 rings (SSSR count). The lowest BCUT2D eigenvalue weighted by Crippen LogP contribution is -1.99. The van der Waals surface area contributed by atoms with E-state index in [1.165, 1.54) is 6.08 Å². The van der Waals surface area contributed by atoms with Crippen LogP contribution in [0.5, 0.6) is 0 Å². The monoisotopic (exact) mass is 171 g/mol. The van der Waals surface area contributed by atoms with Crippen LogP contribution in [-0.2, 0) is 0 Å². The summed E-state index contributed by atoms with van der Waals surface area (Å²) in [4.78, 5) is 0. The number of hydrogen-bond acceptors (Lipinski definition) is 3. The average Bonchev–Trinajstić information content (AvgIpc) is 1.87. The molecule has 0 heterocycles. The molecule has 0 spiro atoms. The highest BCUT2D eigenvalue weighted by molar-refractivity contribution is 5.25. The van der Waals surface area contributed by atoms with Gasteiger partial charge >= 0.3 is 0 Å². The van der Waals surface area contributed by atoms with E-state index in [0.717, 1.165) is 0 Å². The number of rotatable bonds is 4. The van der Waals surface area contributed by atoms with E-state index < -0.39 is 0 Å². The standard InChI is InChI=1S/C8H13NO2.CH4/c1-6(3-4-9)5-8(11)7(2)10;/h5,10-11H,1-4,9H2;1H4/b8-5+;. The predicted octanol–water partition coefficient (Wildman–Crippen LogP) is 2.04. The summed E-state index contributed by atoms with van der Waals surface area (Å²) in [7, 11) is 0. The fourth-order valence-electron chi connectivity index (χ4n) is 0.534. The van der Waals surface area contributed by atoms with Gasteiger partial charge in [0.05, 0.1) is 0 Å². The summed E-state index contributed by atoms with van der Waals surface area (Å²) < 4.78 is 0. The summed E-state index contributed by atoms with van der Waals surface area (Å²) >= 11 is 0. The Morgan fingerprint density at radius 3 is 2.17 bits per heavy atom. The molecular formula is C9H17NO2. The normalized spacial score (nSPS) is 10.2. The zero-order chi connectivity index (χ0) is 8.85. The van der Waals surface area contributed by atoms with E-state index in [2.05, 4.69) is 13.2 Å². The van der Waals surface area contributed by atoms with Gasteiger partial charge in [0.2, 0.25) is 0 Å². The van der Waals surface area contributed by atoms with Crippen molar-refractivity contribution in [2.75, 3.05) is 6.54 Å². The first-order valence-corrected chi connectivity index (χ1v) is 3.24. The highest BCUT2D eigenvalue weighted by Crippen LogP contribution is 2.05. The summed E-state index contributed by atoms with van der Waals surface area (Å²) in [6.07, 6.45) is 1.94. The first-order chi connectivity index (χ1) is 5.07. The molecule has 12 heavy (non-hydrogen) atoms. The molecule has 4 N–H and O–H groups in total. The zero-order valence-electron chi connectivity index (χ0n) is 6.38. The Hall–Kier alpha value is -1.22. The lowest BCUT2D eigenvalue weighted by atomic mass is 10.2. The molecule has 0 unspecified atom stereocenters. The summed E-state index contributed by atoms with van der Waals surface area (Å²) in [5.74, 6) is -0.619. The second-order valence-electron chi connectivity index (χ2n) is 2.17. The van der Waals surface area contributed by atoms with Crippen molar-refractivity contribution in [3.63, 3.8) is 0 Å². The largest absolute Gasteiger partial charge is 0.505 e. The van der Waals surface area contributed by atoms with Crippen molar-refractivity contribution in [1.82, 2.24) is 0 Å². The molecule has 0 saturated heterocycles. The van der Waals surface area contributed by atoms with E-state index in [4.69, 9.17) is 15.9 Å². The molecule has 3 nitrogen and oxygen atoms in total. The molecule has 0 saturated carbocycles. The Morgan fingerprint density at radius 2 is 1.83 bits per heavy atom. The van der Waals surface area contributed by atoms with E-state index in [-0.39, 0.29) is 18.9 Å². The Bertz CT molecular complexity index is 195. The zero-order valence-corrected chi connectivity index (χ0v) is 6.38. The Kier molecular flexibility index (Phi) is 7.23. The van der Waals surface area contributed by atoms with Crippen LogP contribution in [0.4, 0.5) is 0 Å². The smallest absolute Gasteiger partial charge is 0.157 e. The second kappa shape index (κ2) is 6.49. The lowest BCUT2D eigenvalue weighted by Gasteiger charge is -1.98. The summed E-state index contributed by atoms with van der Waals surface area (Å²) in [5, 5.41) is 17.6. The number of aliphatic hydroxyl groups is 2. The molecule has 0 aliphatic carbocycles. The molecule has 3 heteroatoms. The first kappa shape index (κ1) is 13.4. The minimum absolute atomic E-state index is 0. The van der Waals surface area contributed by atoms with E-state index in [1.807, 2.05) is 0 Å². The van der Waals surface area contributed by atoms with E-state index >= 15 is 0 Å². The molecule has 0 atom stereocenters. The fourth-order valence-corrected chi connectivity index (χ4v) is 0.534. The Balaban J connectivity index is 0. The molecule has 0 aliphatic rings. The highest BCUT2D eigenvalue weighted by atomic mass is 16.3. The van der Waals surface area contributed by atoms with Crippen molar-refractivity contribution in [3.8, 4) is 0 Å². The van der Waals surface area contributed by atoms with Gasteiger partial charge in [-0.3, -0.25) is 0 Å². The van der Waals surface area contributed by atoms with Crippen LogP contribution in [0.2, 0.25) is 0 Å². The van der Waals surface area contributed by atoms with Gasteiger partial charge in [-0.1, -0.05) is 26.2 Å². The summed E-state index contributed by atoms with van der Waals surface area (Å²) in [6, 6.07) is 0. The van der Waals surface area contributed by atoms with Crippen molar-refractivity contribution in [1.29, 1.82) is 0 Å². The molecule has 0 aromatic carbocycles. The molecule has 0 radical (unpaired) electrons. The number of hydrogen-bond donors (Lipinski definition) is 3. The van der Waals surface area contributed by atoms with Crippen LogP contribution in [0.1, 0.15) is 13.8 Å². The van der Waals surface area contributed by atoms with E-state index in [0.29, 0.717) is 18.5 Å². The van der Waals surface area contributed by atoms with Crippen molar-refractivity contribution >= 4 is 0 Å². The number of allylic oxidation sites excluding steroid dienone is 1. The lowest BCUT2D eigenvalue weighted by molar-refractivity contribution is 0.328. The fraction of sp³-hybridized carbons (Fsp3) is 0.333. The van der Waals surface area contributed by atoms with Crippen LogP contribution < -0.4 is 5.73 Å². The van der Waals surface area contributed by atoms with Gasteiger partial charge in [0.25, 0.3) is 0 Å². The molecule has 70 valence electrons. The van der Waals surface area contributed by atoms with Gasteiger partial charge in [-0.2, -0.15) is 0 Å². The van der Waals surface area contributed by atoms with Crippen LogP contribution >= 0.6 is 0 Å². The first-order valence-electron chi connectivity index (χ1n) is 3.24. The van der Waals surface area contributed by atoms with Crippen LogP contribution in [-0.4, -0.2) is 16.8 Å². The van der Waals surface area contributed by atoms with Gasteiger partial charge in [-0.05, 0) is 19.0 Å². The second-order valence-corrected chi connectivity index (χ2v) is 2.17. The van der Waals surface area contributed by atoms with Gasteiger partial charge in [-0.15, -0.1) is 0 Å². The van der Waals surface area contributed by atoms with Gasteiger partial charge in [0, 0.05) is 0 Å².